The second-order valence-corrected chi connectivity index (χ2v) is 6.98. The fourth-order valence-corrected chi connectivity index (χ4v) is 3.71. The van der Waals surface area contributed by atoms with Crippen molar-refractivity contribution in [3.05, 3.63) is 0 Å². The van der Waals surface area contributed by atoms with Gasteiger partial charge in [0.25, 0.3) is 0 Å². The van der Waals surface area contributed by atoms with Crippen LogP contribution in [0.1, 0.15) is 66.7 Å². The summed E-state index contributed by atoms with van der Waals surface area (Å²) < 4.78 is 0. The molecule has 0 heterocycles. The molecule has 0 amide bonds. The van der Waals surface area contributed by atoms with Crippen LogP contribution in [0.4, 0.5) is 0 Å². The molecule has 114 valence electrons. The summed E-state index contributed by atoms with van der Waals surface area (Å²) in [6, 6.07) is 0.604. The molecule has 0 aromatic rings. The van der Waals surface area contributed by atoms with Crippen molar-refractivity contribution in [1.29, 1.82) is 0 Å². The molecular formula is C17H35NO. The Balaban J connectivity index is 2.48. The van der Waals surface area contributed by atoms with E-state index in [2.05, 4.69) is 39.9 Å². The largest absolute Gasteiger partial charge is 0.392 e. The third-order valence-electron chi connectivity index (χ3n) is 5.20. The van der Waals surface area contributed by atoms with E-state index in [0.717, 1.165) is 37.1 Å². The Hall–Kier alpha value is -0.0800. The molecule has 0 aromatic heterocycles. The van der Waals surface area contributed by atoms with E-state index in [0.29, 0.717) is 12.0 Å². The van der Waals surface area contributed by atoms with Crippen molar-refractivity contribution in [2.24, 2.45) is 23.7 Å². The number of hydrogen-bond acceptors (Lipinski definition) is 2. The van der Waals surface area contributed by atoms with Crippen molar-refractivity contribution in [2.75, 3.05) is 6.54 Å². The maximum Gasteiger partial charge on any atom is 0.0692 e. The molecule has 0 radical (unpaired) electrons. The summed E-state index contributed by atoms with van der Waals surface area (Å²) in [5.74, 6) is 2.81. The lowest BCUT2D eigenvalue weighted by Gasteiger charge is -2.38. The molecule has 1 aliphatic carbocycles. The fraction of sp³-hybridized carbons (Fsp3) is 1.00. The highest BCUT2D eigenvalue weighted by Gasteiger charge is 2.31. The van der Waals surface area contributed by atoms with Gasteiger partial charge >= 0.3 is 0 Å². The average Bonchev–Trinajstić information content (AvgIpc) is 2.37. The van der Waals surface area contributed by atoms with Crippen molar-refractivity contribution in [3.63, 3.8) is 0 Å². The first kappa shape index (κ1) is 17.0. The van der Waals surface area contributed by atoms with Gasteiger partial charge in [-0.25, -0.2) is 0 Å². The Labute approximate surface area is 120 Å². The summed E-state index contributed by atoms with van der Waals surface area (Å²) in [6.07, 6.45) is 5.97. The zero-order valence-corrected chi connectivity index (χ0v) is 13.7. The van der Waals surface area contributed by atoms with Gasteiger partial charge in [0.1, 0.15) is 0 Å². The lowest BCUT2D eigenvalue weighted by molar-refractivity contribution is 0.0842. The van der Waals surface area contributed by atoms with E-state index in [9.17, 15) is 5.11 Å². The zero-order valence-electron chi connectivity index (χ0n) is 13.7. The molecular weight excluding hydrogens is 234 g/mol. The van der Waals surface area contributed by atoms with Gasteiger partial charge in [0.15, 0.2) is 0 Å². The summed E-state index contributed by atoms with van der Waals surface area (Å²) >= 11 is 0. The smallest absolute Gasteiger partial charge is 0.0692 e. The van der Waals surface area contributed by atoms with E-state index < -0.39 is 0 Å². The molecule has 0 bridgehead atoms. The number of aliphatic hydroxyl groups excluding tert-OH is 1. The summed E-state index contributed by atoms with van der Waals surface area (Å²) in [4.78, 5) is 0. The van der Waals surface area contributed by atoms with Crippen LogP contribution in [0, 0.1) is 23.7 Å². The van der Waals surface area contributed by atoms with Crippen LogP contribution in [-0.2, 0) is 0 Å². The van der Waals surface area contributed by atoms with Crippen molar-refractivity contribution < 1.29 is 5.11 Å². The van der Waals surface area contributed by atoms with Crippen LogP contribution in [0.2, 0.25) is 0 Å². The third-order valence-corrected chi connectivity index (χ3v) is 5.20. The quantitative estimate of drug-likeness (QED) is 0.736. The number of aliphatic hydroxyl groups is 1. The monoisotopic (exact) mass is 269 g/mol. The molecule has 4 unspecified atom stereocenters. The summed E-state index contributed by atoms with van der Waals surface area (Å²) in [6.45, 7) is 12.2. The maximum absolute atomic E-state index is 10.3. The zero-order chi connectivity index (χ0) is 14.4. The molecule has 0 aromatic carbocycles. The van der Waals surface area contributed by atoms with E-state index in [1.807, 2.05) is 0 Å². The third kappa shape index (κ3) is 5.07. The highest BCUT2D eigenvalue weighted by molar-refractivity contribution is 4.86. The second-order valence-electron chi connectivity index (χ2n) is 6.98. The van der Waals surface area contributed by atoms with Crippen molar-refractivity contribution >= 4 is 0 Å². The van der Waals surface area contributed by atoms with Crippen LogP contribution in [0.25, 0.3) is 0 Å². The summed E-state index contributed by atoms with van der Waals surface area (Å²) in [5, 5.41) is 14.0. The minimum atomic E-state index is -0.181. The number of hydrogen-bond donors (Lipinski definition) is 2. The normalized spacial score (nSPS) is 30.0. The Kier molecular flexibility index (Phi) is 7.38. The van der Waals surface area contributed by atoms with Gasteiger partial charge in [-0.2, -0.15) is 0 Å². The van der Waals surface area contributed by atoms with E-state index in [-0.39, 0.29) is 6.10 Å². The van der Waals surface area contributed by atoms with Crippen LogP contribution in [0.3, 0.4) is 0 Å². The van der Waals surface area contributed by atoms with Gasteiger partial charge in [-0.3, -0.25) is 0 Å². The Morgan fingerprint density at radius 1 is 1.16 bits per heavy atom. The Morgan fingerprint density at radius 3 is 2.32 bits per heavy atom. The van der Waals surface area contributed by atoms with E-state index >= 15 is 0 Å². The predicted octanol–water partition coefficient (Wildman–Crippen LogP) is 3.83. The fourth-order valence-electron chi connectivity index (χ4n) is 3.71. The van der Waals surface area contributed by atoms with Gasteiger partial charge in [0.05, 0.1) is 6.10 Å². The standard InChI is InChI=1S/C17H35NO/c1-6-14(7-2)17(19)11-18-16-10-13(5)8-9-15(16)12(3)4/h12-19H,6-11H2,1-5H3. The molecule has 2 heteroatoms. The highest BCUT2D eigenvalue weighted by Crippen LogP contribution is 2.33. The summed E-state index contributed by atoms with van der Waals surface area (Å²) in [5.41, 5.74) is 0. The molecule has 0 spiro atoms. The molecule has 0 aliphatic heterocycles. The number of rotatable bonds is 7. The molecule has 1 fully saturated rings. The summed E-state index contributed by atoms with van der Waals surface area (Å²) in [7, 11) is 0. The molecule has 4 atom stereocenters. The van der Waals surface area contributed by atoms with Crippen molar-refractivity contribution in [2.45, 2.75) is 78.9 Å². The molecule has 1 saturated carbocycles. The van der Waals surface area contributed by atoms with E-state index in [1.54, 1.807) is 0 Å². The van der Waals surface area contributed by atoms with Gasteiger partial charge in [0.2, 0.25) is 0 Å². The predicted molar refractivity (Wildman–Crippen MR) is 83.2 cm³/mol. The lowest BCUT2D eigenvalue weighted by atomic mass is 9.74. The van der Waals surface area contributed by atoms with Crippen molar-refractivity contribution in [1.82, 2.24) is 5.32 Å². The van der Waals surface area contributed by atoms with Crippen LogP contribution < -0.4 is 5.32 Å². The molecule has 2 nitrogen and oxygen atoms in total. The van der Waals surface area contributed by atoms with Crippen LogP contribution in [-0.4, -0.2) is 23.8 Å². The van der Waals surface area contributed by atoms with E-state index in [4.69, 9.17) is 0 Å². The Morgan fingerprint density at radius 2 is 1.79 bits per heavy atom. The minimum Gasteiger partial charge on any atom is -0.392 e. The van der Waals surface area contributed by atoms with Crippen molar-refractivity contribution in [3.8, 4) is 0 Å². The first-order valence-electron chi connectivity index (χ1n) is 8.40. The first-order valence-corrected chi connectivity index (χ1v) is 8.40. The molecule has 1 rings (SSSR count). The SMILES string of the molecule is CCC(CC)C(O)CNC1CC(C)CCC1C(C)C. The molecule has 1 aliphatic rings. The first-order chi connectivity index (χ1) is 8.99. The molecule has 19 heavy (non-hydrogen) atoms. The molecule has 2 N–H and O–H groups in total. The van der Waals surface area contributed by atoms with Gasteiger partial charge in [-0.1, -0.05) is 53.9 Å². The average molecular weight is 269 g/mol. The van der Waals surface area contributed by atoms with Gasteiger partial charge in [-0.05, 0) is 36.5 Å². The van der Waals surface area contributed by atoms with Crippen LogP contribution in [0.5, 0.6) is 0 Å². The lowest BCUT2D eigenvalue weighted by Crippen LogP contribution is -2.46. The van der Waals surface area contributed by atoms with Gasteiger partial charge in [0, 0.05) is 12.6 Å². The topological polar surface area (TPSA) is 32.3 Å². The number of nitrogens with one attached hydrogen (secondary N) is 1. The highest BCUT2D eigenvalue weighted by atomic mass is 16.3. The van der Waals surface area contributed by atoms with Gasteiger partial charge < -0.3 is 10.4 Å². The van der Waals surface area contributed by atoms with Crippen LogP contribution >= 0.6 is 0 Å². The second kappa shape index (κ2) is 8.26. The maximum atomic E-state index is 10.3. The molecule has 0 saturated heterocycles. The van der Waals surface area contributed by atoms with Gasteiger partial charge in [-0.15, -0.1) is 0 Å². The Bertz CT molecular complexity index is 237. The van der Waals surface area contributed by atoms with E-state index in [1.165, 1.54) is 19.3 Å². The minimum absolute atomic E-state index is 0.181. The van der Waals surface area contributed by atoms with Crippen LogP contribution in [0.15, 0.2) is 0 Å².